The normalized spacial score (nSPS) is 10.6. The molecule has 0 atom stereocenters. The van der Waals surface area contributed by atoms with Crippen molar-refractivity contribution in [2.24, 2.45) is 5.10 Å². The average Bonchev–Trinajstić information content (AvgIpc) is 2.88. The van der Waals surface area contributed by atoms with Crippen molar-refractivity contribution in [2.75, 3.05) is 18.5 Å². The van der Waals surface area contributed by atoms with Crippen LogP contribution >= 0.6 is 11.6 Å². The van der Waals surface area contributed by atoms with Crippen molar-refractivity contribution in [1.82, 2.24) is 10.7 Å². The van der Waals surface area contributed by atoms with Gasteiger partial charge in [-0.1, -0.05) is 59.6 Å². The number of amides is 3. The number of hydrogen-bond acceptors (Lipinski definition) is 6. The third-order valence-corrected chi connectivity index (χ3v) is 5.18. The molecule has 0 bridgehead atoms. The van der Waals surface area contributed by atoms with Gasteiger partial charge in [-0.2, -0.15) is 5.10 Å². The molecule has 10 heteroatoms. The number of para-hydroxylation sites is 1. The fourth-order valence-corrected chi connectivity index (χ4v) is 3.38. The maximum absolute atomic E-state index is 12.2. The highest BCUT2D eigenvalue weighted by molar-refractivity contribution is 6.35. The van der Waals surface area contributed by atoms with Crippen molar-refractivity contribution < 1.29 is 23.9 Å². The number of rotatable bonds is 10. The summed E-state index contributed by atoms with van der Waals surface area (Å²) < 4.78 is 11.2. The van der Waals surface area contributed by atoms with Crippen molar-refractivity contribution >= 4 is 41.2 Å². The molecule has 0 spiro atoms. The summed E-state index contributed by atoms with van der Waals surface area (Å²) in [5.74, 6) is -1.60. The molecule has 3 amide bonds. The molecule has 3 rings (SSSR count). The van der Waals surface area contributed by atoms with Gasteiger partial charge in [-0.05, 0) is 49.2 Å². The van der Waals surface area contributed by atoms with Gasteiger partial charge in [0.15, 0.2) is 18.1 Å². The van der Waals surface area contributed by atoms with Crippen molar-refractivity contribution in [1.29, 1.82) is 0 Å². The van der Waals surface area contributed by atoms with Crippen LogP contribution < -0.4 is 25.5 Å². The number of carbonyl (C=O) groups excluding carboxylic acids is 3. The van der Waals surface area contributed by atoms with Crippen LogP contribution in [0, 0.1) is 6.92 Å². The molecule has 0 heterocycles. The van der Waals surface area contributed by atoms with Gasteiger partial charge in [0.05, 0.1) is 17.8 Å². The molecule has 0 fully saturated rings. The van der Waals surface area contributed by atoms with Crippen LogP contribution in [0.4, 0.5) is 5.69 Å². The Morgan fingerprint density at radius 2 is 1.70 bits per heavy atom. The molecule has 9 nitrogen and oxygen atoms in total. The summed E-state index contributed by atoms with van der Waals surface area (Å²) in [7, 11) is 0. The smallest absolute Gasteiger partial charge is 0.329 e. The van der Waals surface area contributed by atoms with Crippen molar-refractivity contribution in [3.8, 4) is 11.5 Å². The number of halogens is 1. The van der Waals surface area contributed by atoms with Crippen LogP contribution in [0.5, 0.6) is 11.5 Å². The highest BCUT2D eigenvalue weighted by atomic mass is 35.5. The Bertz CT molecular complexity index is 1260. The molecular formula is C27H27ClN4O5. The summed E-state index contributed by atoms with van der Waals surface area (Å²) in [6, 6.07) is 19.7. The van der Waals surface area contributed by atoms with E-state index in [0.29, 0.717) is 23.6 Å². The number of hydrogen-bond donors (Lipinski definition) is 3. The first kappa shape index (κ1) is 27.2. The lowest BCUT2D eigenvalue weighted by molar-refractivity contribution is -0.139. The average molecular weight is 523 g/mol. The van der Waals surface area contributed by atoms with Crippen molar-refractivity contribution in [2.45, 2.75) is 20.4 Å². The molecule has 192 valence electrons. The minimum atomic E-state index is -0.913. The first-order chi connectivity index (χ1) is 17.9. The lowest BCUT2D eigenvalue weighted by atomic mass is 10.1. The van der Waals surface area contributed by atoms with Gasteiger partial charge in [-0.25, -0.2) is 5.43 Å². The second-order valence-electron chi connectivity index (χ2n) is 7.83. The quantitative estimate of drug-likeness (QED) is 0.212. The zero-order valence-corrected chi connectivity index (χ0v) is 21.2. The second kappa shape index (κ2) is 13.6. The number of carbonyl (C=O) groups is 3. The molecular weight excluding hydrogens is 496 g/mol. The Balaban J connectivity index is 1.56. The number of benzene rings is 3. The lowest BCUT2D eigenvalue weighted by Crippen LogP contribution is -2.37. The summed E-state index contributed by atoms with van der Waals surface area (Å²) in [6.07, 6.45) is 1.31. The van der Waals surface area contributed by atoms with Gasteiger partial charge < -0.3 is 20.1 Å². The third-order valence-electron chi connectivity index (χ3n) is 4.90. The van der Waals surface area contributed by atoms with E-state index < -0.39 is 11.8 Å². The van der Waals surface area contributed by atoms with Gasteiger partial charge >= 0.3 is 11.8 Å². The van der Waals surface area contributed by atoms with Gasteiger partial charge in [0.25, 0.3) is 5.91 Å². The van der Waals surface area contributed by atoms with Crippen LogP contribution in [-0.4, -0.2) is 37.1 Å². The molecule has 0 unspecified atom stereocenters. The summed E-state index contributed by atoms with van der Waals surface area (Å²) in [5.41, 5.74) is 5.27. The molecule has 0 saturated heterocycles. The first-order valence-electron chi connectivity index (χ1n) is 11.5. The largest absolute Gasteiger partial charge is 0.490 e. The minimum absolute atomic E-state index is 0.182. The zero-order chi connectivity index (χ0) is 26.6. The van der Waals surface area contributed by atoms with E-state index in [9.17, 15) is 14.4 Å². The second-order valence-corrected chi connectivity index (χ2v) is 8.24. The Kier molecular flexibility index (Phi) is 10.0. The number of ether oxygens (including phenoxy) is 2. The van der Waals surface area contributed by atoms with Gasteiger partial charge in [-0.15, -0.1) is 0 Å². The van der Waals surface area contributed by atoms with Gasteiger partial charge in [0, 0.05) is 12.2 Å². The van der Waals surface area contributed by atoms with E-state index in [4.69, 9.17) is 21.1 Å². The van der Waals surface area contributed by atoms with Crippen LogP contribution in [0.25, 0.3) is 0 Å². The monoisotopic (exact) mass is 522 g/mol. The van der Waals surface area contributed by atoms with Gasteiger partial charge in [0.2, 0.25) is 0 Å². The third kappa shape index (κ3) is 8.66. The van der Waals surface area contributed by atoms with E-state index in [1.54, 1.807) is 37.3 Å². The number of hydrazone groups is 1. The maximum atomic E-state index is 12.2. The zero-order valence-electron chi connectivity index (χ0n) is 20.4. The number of aryl methyl sites for hydroxylation is 1. The molecule has 0 aliphatic rings. The molecule has 0 aliphatic carbocycles. The number of anilines is 1. The van der Waals surface area contributed by atoms with E-state index >= 15 is 0 Å². The van der Waals surface area contributed by atoms with Crippen molar-refractivity contribution in [3.05, 3.63) is 88.4 Å². The number of nitrogens with one attached hydrogen (secondary N) is 3. The Morgan fingerprint density at radius 1 is 0.973 bits per heavy atom. The van der Waals surface area contributed by atoms with Gasteiger partial charge in [-0.3, -0.25) is 14.4 Å². The fourth-order valence-electron chi connectivity index (χ4n) is 3.11. The Morgan fingerprint density at radius 3 is 2.41 bits per heavy atom. The van der Waals surface area contributed by atoms with Crippen LogP contribution in [0.2, 0.25) is 5.02 Å². The first-order valence-corrected chi connectivity index (χ1v) is 11.8. The van der Waals surface area contributed by atoms with Crippen LogP contribution in [0.3, 0.4) is 0 Å². The summed E-state index contributed by atoms with van der Waals surface area (Å²) in [5, 5.41) is 9.25. The lowest BCUT2D eigenvalue weighted by Gasteiger charge is -2.14. The highest BCUT2D eigenvalue weighted by Crippen LogP contribution is 2.36. The topological polar surface area (TPSA) is 118 Å². The summed E-state index contributed by atoms with van der Waals surface area (Å²) in [4.78, 5) is 36.3. The molecule has 0 aliphatic heterocycles. The van der Waals surface area contributed by atoms with E-state index in [1.807, 2.05) is 37.3 Å². The molecule has 0 radical (unpaired) electrons. The Labute approximate surface area is 219 Å². The van der Waals surface area contributed by atoms with E-state index in [-0.39, 0.29) is 29.8 Å². The Hall–Kier alpha value is -4.37. The molecule has 3 aromatic carbocycles. The predicted molar refractivity (Wildman–Crippen MR) is 142 cm³/mol. The number of nitrogens with zero attached hydrogens (tertiary/aromatic N) is 1. The fraction of sp³-hybridized carbons (Fsp3) is 0.185. The maximum Gasteiger partial charge on any atom is 0.329 e. The minimum Gasteiger partial charge on any atom is -0.490 e. The molecule has 0 saturated carbocycles. The van der Waals surface area contributed by atoms with E-state index in [2.05, 4.69) is 21.2 Å². The van der Waals surface area contributed by atoms with Gasteiger partial charge in [0.1, 0.15) is 0 Å². The van der Waals surface area contributed by atoms with E-state index in [0.717, 1.165) is 11.1 Å². The SMILES string of the molecule is CCOc1cc(/C=N\NC(=O)C(=O)NCc2ccc(C)cc2)cc(Cl)c1OCC(=O)Nc1ccccc1. The molecule has 37 heavy (non-hydrogen) atoms. The van der Waals surface area contributed by atoms with Crippen LogP contribution in [0.15, 0.2) is 71.8 Å². The van der Waals surface area contributed by atoms with Crippen molar-refractivity contribution in [3.63, 3.8) is 0 Å². The predicted octanol–water partition coefficient (Wildman–Crippen LogP) is 3.83. The molecule has 3 aromatic rings. The van der Waals surface area contributed by atoms with E-state index in [1.165, 1.54) is 12.3 Å². The summed E-state index contributed by atoms with van der Waals surface area (Å²) in [6.45, 7) is 4.01. The van der Waals surface area contributed by atoms with Crippen LogP contribution in [0.1, 0.15) is 23.6 Å². The summed E-state index contributed by atoms with van der Waals surface area (Å²) >= 11 is 6.37. The molecule has 0 aromatic heterocycles. The highest BCUT2D eigenvalue weighted by Gasteiger charge is 2.15. The molecule has 3 N–H and O–H groups in total. The standard InChI is InChI=1S/C27H27ClN4O5/c1-3-36-23-14-20(13-22(28)25(23)37-17-24(33)31-21-7-5-4-6-8-21)16-30-32-27(35)26(34)29-15-19-11-9-18(2)10-12-19/h4-14,16H,3,15,17H2,1-2H3,(H,29,34)(H,31,33)(H,32,35)/b30-16-. The van der Waals surface area contributed by atoms with Crippen LogP contribution in [-0.2, 0) is 20.9 Å².